The van der Waals surface area contributed by atoms with Crippen molar-refractivity contribution in [2.24, 2.45) is 5.92 Å². The van der Waals surface area contributed by atoms with Crippen LogP contribution in [-0.2, 0) is 9.53 Å². The van der Waals surface area contributed by atoms with E-state index in [0.29, 0.717) is 12.3 Å². The summed E-state index contributed by atoms with van der Waals surface area (Å²) in [5, 5.41) is 3.08. The zero-order valence-electron chi connectivity index (χ0n) is 14.7. The number of carbonyl (C=O) groups excluding carboxylic acids is 1. The number of benzene rings is 1. The number of ether oxygens (including phenoxy) is 1. The van der Waals surface area contributed by atoms with Crippen molar-refractivity contribution in [3.05, 3.63) is 35.4 Å². The van der Waals surface area contributed by atoms with Crippen LogP contribution in [0.3, 0.4) is 0 Å². The fraction of sp³-hybridized carbons (Fsp3) is 0.632. The third-order valence-corrected chi connectivity index (χ3v) is 4.57. The van der Waals surface area contributed by atoms with Crippen LogP contribution >= 0.6 is 0 Å². The van der Waals surface area contributed by atoms with Gasteiger partial charge in [0.2, 0.25) is 5.91 Å². The van der Waals surface area contributed by atoms with Crippen LogP contribution < -0.4 is 5.32 Å². The van der Waals surface area contributed by atoms with Crippen molar-refractivity contribution < 1.29 is 9.53 Å². The van der Waals surface area contributed by atoms with Crippen LogP contribution in [0.25, 0.3) is 0 Å². The molecule has 0 bridgehead atoms. The smallest absolute Gasteiger partial charge is 0.220 e. The molecule has 1 aliphatic heterocycles. The molecular weight excluding hydrogens is 288 g/mol. The lowest BCUT2D eigenvalue weighted by atomic mass is 9.85. The van der Waals surface area contributed by atoms with E-state index in [9.17, 15) is 4.79 Å². The Morgan fingerprint density at radius 2 is 1.87 bits per heavy atom. The number of nitrogens with one attached hydrogen (secondary N) is 1. The Labute approximate surface area is 140 Å². The standard InChI is InChI=1S/C19H30N2O2/c1-15(2)18(17-6-4-16(3)5-7-17)14-19(22)20-8-9-21-10-12-23-13-11-21/h4-7,15,18H,8-14H2,1-3H3,(H,20,22). The van der Waals surface area contributed by atoms with Crippen LogP contribution in [0.15, 0.2) is 24.3 Å². The first-order valence-electron chi connectivity index (χ1n) is 8.69. The van der Waals surface area contributed by atoms with Gasteiger partial charge in [0, 0.05) is 32.6 Å². The summed E-state index contributed by atoms with van der Waals surface area (Å²) in [5.41, 5.74) is 2.51. The van der Waals surface area contributed by atoms with Crippen molar-refractivity contribution in [3.63, 3.8) is 0 Å². The van der Waals surface area contributed by atoms with Crippen molar-refractivity contribution in [1.82, 2.24) is 10.2 Å². The molecule has 1 aromatic carbocycles. The lowest BCUT2D eigenvalue weighted by molar-refractivity contribution is -0.121. The number of amides is 1. The first kappa shape index (κ1) is 18.0. The van der Waals surface area contributed by atoms with E-state index in [1.807, 2.05) is 0 Å². The van der Waals surface area contributed by atoms with Gasteiger partial charge in [0.1, 0.15) is 0 Å². The second-order valence-corrected chi connectivity index (χ2v) is 6.77. The molecule has 0 saturated carbocycles. The average molecular weight is 318 g/mol. The van der Waals surface area contributed by atoms with Gasteiger partial charge < -0.3 is 10.1 Å². The Morgan fingerprint density at radius 3 is 2.48 bits per heavy atom. The first-order valence-corrected chi connectivity index (χ1v) is 8.69. The van der Waals surface area contributed by atoms with Gasteiger partial charge in [0.05, 0.1) is 13.2 Å². The number of rotatable bonds is 7. The summed E-state index contributed by atoms with van der Waals surface area (Å²) in [6.07, 6.45) is 0.559. The number of hydrogen-bond donors (Lipinski definition) is 1. The molecule has 1 saturated heterocycles. The predicted molar refractivity (Wildman–Crippen MR) is 93.6 cm³/mol. The van der Waals surface area contributed by atoms with E-state index in [0.717, 1.165) is 39.4 Å². The Kier molecular flexibility index (Phi) is 7.06. The van der Waals surface area contributed by atoms with E-state index in [2.05, 4.69) is 55.3 Å². The molecule has 4 nitrogen and oxygen atoms in total. The van der Waals surface area contributed by atoms with Crippen molar-refractivity contribution in [1.29, 1.82) is 0 Å². The Bertz CT molecular complexity index is 479. The normalized spacial score (nSPS) is 17.2. The molecule has 1 aromatic rings. The largest absolute Gasteiger partial charge is 0.379 e. The van der Waals surface area contributed by atoms with E-state index in [4.69, 9.17) is 4.74 Å². The average Bonchev–Trinajstić information content (AvgIpc) is 2.54. The highest BCUT2D eigenvalue weighted by Crippen LogP contribution is 2.28. The van der Waals surface area contributed by atoms with E-state index >= 15 is 0 Å². The summed E-state index contributed by atoms with van der Waals surface area (Å²) in [5.74, 6) is 0.874. The third kappa shape index (κ3) is 5.96. The molecule has 128 valence electrons. The summed E-state index contributed by atoms with van der Waals surface area (Å²) in [6.45, 7) is 11.6. The molecule has 1 atom stereocenters. The Balaban J connectivity index is 1.79. The zero-order chi connectivity index (χ0) is 16.7. The van der Waals surface area contributed by atoms with Crippen molar-refractivity contribution in [2.75, 3.05) is 39.4 Å². The van der Waals surface area contributed by atoms with E-state index < -0.39 is 0 Å². The molecule has 4 heteroatoms. The molecular formula is C19H30N2O2. The summed E-state index contributed by atoms with van der Waals surface area (Å²) >= 11 is 0. The van der Waals surface area contributed by atoms with Gasteiger partial charge in [-0.1, -0.05) is 43.7 Å². The summed E-state index contributed by atoms with van der Waals surface area (Å²) in [7, 11) is 0. The number of nitrogens with zero attached hydrogens (tertiary/aromatic N) is 1. The molecule has 2 rings (SSSR count). The SMILES string of the molecule is Cc1ccc(C(CC(=O)NCCN2CCOCC2)C(C)C)cc1. The van der Waals surface area contributed by atoms with Gasteiger partial charge in [0.25, 0.3) is 0 Å². The van der Waals surface area contributed by atoms with Crippen LogP contribution in [0.1, 0.15) is 37.3 Å². The van der Waals surface area contributed by atoms with Gasteiger partial charge in [-0.3, -0.25) is 9.69 Å². The molecule has 0 aliphatic carbocycles. The van der Waals surface area contributed by atoms with Crippen molar-refractivity contribution >= 4 is 5.91 Å². The van der Waals surface area contributed by atoms with Gasteiger partial charge in [0.15, 0.2) is 0 Å². The summed E-state index contributed by atoms with van der Waals surface area (Å²) in [4.78, 5) is 14.6. The van der Waals surface area contributed by atoms with E-state index in [1.54, 1.807) is 0 Å². The molecule has 23 heavy (non-hydrogen) atoms. The number of morpholine rings is 1. The van der Waals surface area contributed by atoms with Gasteiger partial charge in [-0.25, -0.2) is 0 Å². The maximum absolute atomic E-state index is 12.3. The number of aryl methyl sites for hydroxylation is 1. The fourth-order valence-corrected chi connectivity index (χ4v) is 3.00. The van der Waals surface area contributed by atoms with E-state index in [-0.39, 0.29) is 11.8 Å². The van der Waals surface area contributed by atoms with E-state index in [1.165, 1.54) is 11.1 Å². The highest BCUT2D eigenvalue weighted by molar-refractivity contribution is 5.76. The highest BCUT2D eigenvalue weighted by atomic mass is 16.5. The van der Waals surface area contributed by atoms with Gasteiger partial charge in [-0.2, -0.15) is 0 Å². The lowest BCUT2D eigenvalue weighted by Gasteiger charge is -2.26. The predicted octanol–water partition coefficient (Wildman–Crippen LogP) is 2.57. The molecule has 1 aliphatic rings. The molecule has 1 fully saturated rings. The Hall–Kier alpha value is -1.39. The van der Waals surface area contributed by atoms with Gasteiger partial charge in [-0.15, -0.1) is 0 Å². The second-order valence-electron chi connectivity index (χ2n) is 6.77. The fourth-order valence-electron chi connectivity index (χ4n) is 3.00. The Morgan fingerprint density at radius 1 is 1.22 bits per heavy atom. The van der Waals surface area contributed by atoms with Crippen LogP contribution in [-0.4, -0.2) is 50.2 Å². The highest BCUT2D eigenvalue weighted by Gasteiger charge is 2.19. The number of carbonyl (C=O) groups is 1. The van der Waals surface area contributed by atoms with Crippen molar-refractivity contribution in [2.45, 2.75) is 33.1 Å². The second kappa shape index (κ2) is 9.04. The van der Waals surface area contributed by atoms with Gasteiger partial charge >= 0.3 is 0 Å². The third-order valence-electron chi connectivity index (χ3n) is 4.57. The quantitative estimate of drug-likeness (QED) is 0.840. The molecule has 1 amide bonds. The topological polar surface area (TPSA) is 41.6 Å². The summed E-state index contributed by atoms with van der Waals surface area (Å²) < 4.78 is 5.33. The molecule has 1 N–H and O–H groups in total. The minimum Gasteiger partial charge on any atom is -0.379 e. The molecule has 1 unspecified atom stereocenters. The molecule has 0 spiro atoms. The molecule has 0 aromatic heterocycles. The lowest BCUT2D eigenvalue weighted by Crippen LogP contribution is -2.41. The van der Waals surface area contributed by atoms with Crippen molar-refractivity contribution in [3.8, 4) is 0 Å². The van der Waals surface area contributed by atoms with Crippen LogP contribution in [0.5, 0.6) is 0 Å². The van der Waals surface area contributed by atoms with Crippen LogP contribution in [0.4, 0.5) is 0 Å². The zero-order valence-corrected chi connectivity index (χ0v) is 14.7. The first-order chi connectivity index (χ1) is 11.1. The maximum atomic E-state index is 12.3. The minimum atomic E-state index is 0.150. The van der Waals surface area contributed by atoms with Gasteiger partial charge in [-0.05, 0) is 24.3 Å². The molecule has 1 heterocycles. The summed E-state index contributed by atoms with van der Waals surface area (Å²) in [6, 6.07) is 8.56. The maximum Gasteiger partial charge on any atom is 0.220 e. The van der Waals surface area contributed by atoms with Crippen LogP contribution in [0.2, 0.25) is 0 Å². The number of hydrogen-bond acceptors (Lipinski definition) is 3. The minimum absolute atomic E-state index is 0.150. The molecule has 0 radical (unpaired) electrons. The van der Waals surface area contributed by atoms with Crippen LogP contribution in [0, 0.1) is 12.8 Å². The monoisotopic (exact) mass is 318 g/mol.